The molecule has 0 unspecified atom stereocenters. The Labute approximate surface area is 148 Å². The van der Waals surface area contributed by atoms with Gasteiger partial charge in [-0.15, -0.1) is 0 Å². The van der Waals surface area contributed by atoms with Crippen LogP contribution in [0.4, 0.5) is 0 Å². The minimum absolute atomic E-state index is 0.0280. The quantitative estimate of drug-likeness (QED) is 0.710. The molecular formula is C22H36N2. The minimum atomic E-state index is -0.0280. The van der Waals surface area contributed by atoms with Gasteiger partial charge in [-0.3, -0.25) is 0 Å². The highest BCUT2D eigenvalue weighted by molar-refractivity contribution is 5.45. The summed E-state index contributed by atoms with van der Waals surface area (Å²) in [5.74, 6) is 0. The lowest BCUT2D eigenvalue weighted by Crippen LogP contribution is -2.39. The maximum absolute atomic E-state index is 6.70. The summed E-state index contributed by atoms with van der Waals surface area (Å²) >= 11 is 0. The molecule has 0 saturated heterocycles. The van der Waals surface area contributed by atoms with Crippen LogP contribution < -0.4 is 11.5 Å². The molecule has 0 aliphatic heterocycles. The van der Waals surface area contributed by atoms with Crippen LogP contribution in [0.2, 0.25) is 0 Å². The second-order valence-electron chi connectivity index (χ2n) is 9.48. The van der Waals surface area contributed by atoms with Gasteiger partial charge >= 0.3 is 0 Å². The standard InChI is InChI=1S/C22H36N2/c1-20(2,3)17-9-8-10-18(19(17)24)22(6,7)21(4,5)15-11-13-16(23)14-12-15/h10-11,13H,8-9,12,14,23-24H2,1-7H3. The van der Waals surface area contributed by atoms with E-state index in [1.54, 1.807) is 0 Å². The fraction of sp³-hybridized carbons (Fsp3) is 0.636. The fourth-order valence-corrected chi connectivity index (χ4v) is 4.05. The van der Waals surface area contributed by atoms with Crippen LogP contribution in [0.5, 0.6) is 0 Å². The second kappa shape index (κ2) is 6.13. The van der Waals surface area contributed by atoms with Gasteiger partial charge in [0.15, 0.2) is 0 Å². The van der Waals surface area contributed by atoms with Crippen molar-refractivity contribution in [3.8, 4) is 0 Å². The lowest BCUT2D eigenvalue weighted by Gasteiger charge is -2.47. The zero-order valence-electron chi connectivity index (χ0n) is 16.7. The number of hydrogen-bond donors (Lipinski definition) is 2. The Morgan fingerprint density at radius 3 is 1.92 bits per heavy atom. The lowest BCUT2D eigenvalue weighted by molar-refractivity contribution is 0.193. The first-order chi connectivity index (χ1) is 10.9. The smallest absolute Gasteiger partial charge is 0.0346 e. The summed E-state index contributed by atoms with van der Waals surface area (Å²) < 4.78 is 0. The lowest BCUT2D eigenvalue weighted by atomic mass is 9.57. The largest absolute Gasteiger partial charge is 0.402 e. The predicted octanol–water partition coefficient (Wildman–Crippen LogP) is 5.58. The molecule has 4 N–H and O–H groups in total. The SMILES string of the molecule is CC(C)(C)C1=C(N)C(C(C)(C)C(C)(C)C2=CC=C(N)CC2)=CCC1. The molecule has 0 radical (unpaired) electrons. The maximum Gasteiger partial charge on any atom is 0.0346 e. The van der Waals surface area contributed by atoms with Gasteiger partial charge in [-0.2, -0.15) is 0 Å². The first-order valence-corrected chi connectivity index (χ1v) is 9.25. The van der Waals surface area contributed by atoms with E-state index in [0.717, 1.165) is 37.1 Å². The van der Waals surface area contributed by atoms with E-state index >= 15 is 0 Å². The number of rotatable bonds is 3. The van der Waals surface area contributed by atoms with Crippen molar-refractivity contribution in [2.45, 2.75) is 74.1 Å². The third-order valence-electron chi connectivity index (χ3n) is 6.48. The van der Waals surface area contributed by atoms with E-state index in [9.17, 15) is 0 Å². The topological polar surface area (TPSA) is 52.0 Å². The molecule has 2 rings (SSSR count). The van der Waals surface area contributed by atoms with Crippen molar-refractivity contribution >= 4 is 0 Å². The Balaban J connectivity index is 2.46. The van der Waals surface area contributed by atoms with E-state index in [1.165, 1.54) is 16.7 Å². The summed E-state index contributed by atoms with van der Waals surface area (Å²) in [6.07, 6.45) is 10.9. The van der Waals surface area contributed by atoms with E-state index < -0.39 is 0 Å². The molecule has 0 aromatic heterocycles. The van der Waals surface area contributed by atoms with Crippen LogP contribution in [0.15, 0.2) is 46.3 Å². The van der Waals surface area contributed by atoms with Crippen molar-refractivity contribution in [2.75, 3.05) is 0 Å². The second-order valence-corrected chi connectivity index (χ2v) is 9.48. The van der Waals surface area contributed by atoms with Crippen molar-refractivity contribution in [1.82, 2.24) is 0 Å². The van der Waals surface area contributed by atoms with Crippen LogP contribution in [0.25, 0.3) is 0 Å². The highest BCUT2D eigenvalue weighted by atomic mass is 14.6. The van der Waals surface area contributed by atoms with E-state index in [0.29, 0.717) is 0 Å². The third kappa shape index (κ3) is 3.20. The zero-order valence-corrected chi connectivity index (χ0v) is 16.7. The highest BCUT2D eigenvalue weighted by Crippen LogP contribution is 2.54. The Morgan fingerprint density at radius 1 is 0.792 bits per heavy atom. The van der Waals surface area contributed by atoms with Gasteiger partial charge in [-0.1, -0.05) is 66.2 Å². The van der Waals surface area contributed by atoms with Gasteiger partial charge in [0.1, 0.15) is 0 Å². The van der Waals surface area contributed by atoms with Crippen LogP contribution in [0.1, 0.15) is 74.1 Å². The van der Waals surface area contributed by atoms with Crippen molar-refractivity contribution in [1.29, 1.82) is 0 Å². The molecule has 0 saturated carbocycles. The fourth-order valence-electron chi connectivity index (χ4n) is 4.05. The van der Waals surface area contributed by atoms with E-state index in [2.05, 4.69) is 66.7 Å². The normalized spacial score (nSPS) is 20.5. The molecule has 2 nitrogen and oxygen atoms in total. The molecule has 0 aromatic rings. The highest BCUT2D eigenvalue weighted by Gasteiger charge is 2.44. The van der Waals surface area contributed by atoms with Gasteiger partial charge in [0.2, 0.25) is 0 Å². The molecule has 0 spiro atoms. The predicted molar refractivity (Wildman–Crippen MR) is 105 cm³/mol. The van der Waals surface area contributed by atoms with Gasteiger partial charge < -0.3 is 11.5 Å². The van der Waals surface area contributed by atoms with Crippen LogP contribution in [-0.2, 0) is 0 Å². The Kier molecular flexibility index (Phi) is 4.82. The first-order valence-electron chi connectivity index (χ1n) is 9.25. The van der Waals surface area contributed by atoms with Crippen LogP contribution in [-0.4, -0.2) is 0 Å². The van der Waals surface area contributed by atoms with Crippen molar-refractivity contribution < 1.29 is 0 Å². The van der Waals surface area contributed by atoms with Crippen LogP contribution >= 0.6 is 0 Å². The van der Waals surface area contributed by atoms with Gasteiger partial charge in [-0.25, -0.2) is 0 Å². The Morgan fingerprint density at radius 2 is 1.42 bits per heavy atom. The molecule has 0 aromatic carbocycles. The minimum Gasteiger partial charge on any atom is -0.402 e. The van der Waals surface area contributed by atoms with Gasteiger partial charge in [-0.05, 0) is 53.7 Å². The summed E-state index contributed by atoms with van der Waals surface area (Å²) in [6, 6.07) is 0. The molecule has 0 bridgehead atoms. The Hall–Kier alpha value is -1.44. The van der Waals surface area contributed by atoms with Crippen molar-refractivity contribution in [3.05, 3.63) is 46.3 Å². The summed E-state index contributed by atoms with van der Waals surface area (Å²) in [7, 11) is 0. The van der Waals surface area contributed by atoms with E-state index in [1.807, 2.05) is 0 Å². The maximum atomic E-state index is 6.70. The average molecular weight is 329 g/mol. The number of hydrogen-bond acceptors (Lipinski definition) is 2. The van der Waals surface area contributed by atoms with Gasteiger partial charge in [0, 0.05) is 16.8 Å². The van der Waals surface area contributed by atoms with Gasteiger partial charge in [0.05, 0.1) is 0 Å². The summed E-state index contributed by atoms with van der Waals surface area (Å²) in [6.45, 7) is 16.2. The van der Waals surface area contributed by atoms with E-state index in [-0.39, 0.29) is 16.2 Å². The van der Waals surface area contributed by atoms with Crippen molar-refractivity contribution in [2.24, 2.45) is 27.7 Å². The summed E-state index contributed by atoms with van der Waals surface area (Å²) in [5, 5.41) is 0. The molecular weight excluding hydrogens is 292 g/mol. The molecule has 134 valence electrons. The van der Waals surface area contributed by atoms with Crippen LogP contribution in [0, 0.1) is 16.2 Å². The first kappa shape index (κ1) is 18.9. The molecule has 0 amide bonds. The van der Waals surface area contributed by atoms with Crippen molar-refractivity contribution in [3.63, 3.8) is 0 Å². The molecule has 0 fully saturated rings. The summed E-state index contributed by atoms with van der Waals surface area (Å²) in [4.78, 5) is 0. The number of allylic oxidation sites excluding steroid dienone is 7. The molecule has 2 heteroatoms. The zero-order chi connectivity index (χ0) is 18.3. The third-order valence-corrected chi connectivity index (χ3v) is 6.48. The molecule has 0 heterocycles. The molecule has 2 aliphatic carbocycles. The van der Waals surface area contributed by atoms with Crippen LogP contribution in [0.3, 0.4) is 0 Å². The Bertz CT molecular complexity index is 631. The number of nitrogens with two attached hydrogens (primary N) is 2. The summed E-state index contributed by atoms with van der Waals surface area (Å²) in [5.41, 5.74) is 19.0. The average Bonchev–Trinajstić information content (AvgIpc) is 2.46. The van der Waals surface area contributed by atoms with E-state index in [4.69, 9.17) is 11.5 Å². The molecule has 0 atom stereocenters. The monoisotopic (exact) mass is 328 g/mol. The molecule has 24 heavy (non-hydrogen) atoms. The van der Waals surface area contributed by atoms with Gasteiger partial charge in [0.25, 0.3) is 0 Å². The molecule has 2 aliphatic rings.